The molecule has 6 heteroatoms. The van der Waals surface area contributed by atoms with Crippen molar-refractivity contribution in [1.29, 1.82) is 0 Å². The molecule has 1 spiro atoms. The van der Waals surface area contributed by atoms with E-state index in [1.807, 2.05) is 12.1 Å². The second-order valence-corrected chi connectivity index (χ2v) is 9.12. The van der Waals surface area contributed by atoms with Gasteiger partial charge in [0.15, 0.2) is 0 Å². The molecule has 5 nitrogen and oxygen atoms in total. The maximum atomic E-state index is 12.8. The number of ketones is 1. The van der Waals surface area contributed by atoms with Crippen LogP contribution in [0.2, 0.25) is 5.02 Å². The molecule has 0 radical (unpaired) electrons. The minimum absolute atomic E-state index is 0.0356. The van der Waals surface area contributed by atoms with Crippen LogP contribution in [0.4, 0.5) is 0 Å². The van der Waals surface area contributed by atoms with Gasteiger partial charge in [-0.15, -0.1) is 0 Å². The summed E-state index contributed by atoms with van der Waals surface area (Å²) >= 11 is 5.94. The van der Waals surface area contributed by atoms with Gasteiger partial charge in [-0.1, -0.05) is 30.2 Å². The smallest absolute Gasteiger partial charge is 0.329 e. The third-order valence-corrected chi connectivity index (χ3v) is 7.07. The minimum atomic E-state index is -1.20. The minimum Gasteiger partial charge on any atom is -0.479 e. The van der Waals surface area contributed by atoms with Gasteiger partial charge in [0.05, 0.1) is 0 Å². The van der Waals surface area contributed by atoms with E-state index in [-0.39, 0.29) is 28.9 Å². The van der Waals surface area contributed by atoms with Gasteiger partial charge < -0.3 is 10.4 Å². The summed E-state index contributed by atoms with van der Waals surface area (Å²) < 4.78 is 0. The number of amides is 1. The second kappa shape index (κ2) is 6.62. The molecule has 0 bridgehead atoms. The zero-order valence-corrected chi connectivity index (χ0v) is 15.9. The van der Waals surface area contributed by atoms with Gasteiger partial charge in [0.2, 0.25) is 5.91 Å². The highest BCUT2D eigenvalue weighted by Gasteiger charge is 2.57. The molecule has 2 atom stereocenters. The number of halogens is 1. The number of rotatable bonds is 5. The highest BCUT2D eigenvalue weighted by molar-refractivity contribution is 6.30. The van der Waals surface area contributed by atoms with E-state index in [1.54, 1.807) is 12.1 Å². The number of hydrogen-bond acceptors (Lipinski definition) is 3. The summed E-state index contributed by atoms with van der Waals surface area (Å²) in [5, 5.41) is 13.6. The van der Waals surface area contributed by atoms with Gasteiger partial charge >= 0.3 is 5.97 Å². The average Bonchev–Trinajstić information content (AvgIpc) is 2.95. The number of benzene rings is 1. The second-order valence-electron chi connectivity index (χ2n) is 8.68. The topological polar surface area (TPSA) is 83.5 Å². The van der Waals surface area contributed by atoms with Crippen molar-refractivity contribution in [2.24, 2.45) is 17.3 Å². The van der Waals surface area contributed by atoms with Crippen LogP contribution in [-0.4, -0.2) is 28.3 Å². The Kier molecular flexibility index (Phi) is 4.53. The molecule has 4 rings (SSSR count). The molecule has 1 aromatic carbocycles. The summed E-state index contributed by atoms with van der Waals surface area (Å²) in [6.07, 6.45) is 5.21. The van der Waals surface area contributed by atoms with Crippen LogP contribution in [0.1, 0.15) is 50.5 Å². The lowest BCUT2D eigenvalue weighted by atomic mass is 9.51. The first-order chi connectivity index (χ1) is 12.8. The zero-order valence-electron chi connectivity index (χ0n) is 15.2. The number of Topliss-reactive ketones (excluding diaryl/α,β-unsaturated/α-hetero) is 1. The summed E-state index contributed by atoms with van der Waals surface area (Å²) in [6, 6.07) is 7.44. The first kappa shape index (κ1) is 18.5. The maximum absolute atomic E-state index is 12.8. The van der Waals surface area contributed by atoms with Crippen LogP contribution >= 0.6 is 11.6 Å². The first-order valence-electron chi connectivity index (χ1n) is 9.64. The lowest BCUT2D eigenvalue weighted by molar-refractivity contribution is -0.156. The van der Waals surface area contributed by atoms with Crippen molar-refractivity contribution < 1.29 is 19.5 Å². The zero-order chi connectivity index (χ0) is 19.2. The van der Waals surface area contributed by atoms with Crippen LogP contribution in [0, 0.1) is 17.3 Å². The Morgan fingerprint density at radius 3 is 2.44 bits per heavy atom. The molecule has 2 unspecified atom stereocenters. The average molecular weight is 390 g/mol. The Morgan fingerprint density at radius 2 is 1.85 bits per heavy atom. The summed E-state index contributed by atoms with van der Waals surface area (Å²) in [6.45, 7) is 0. The van der Waals surface area contributed by atoms with Gasteiger partial charge in [0.1, 0.15) is 11.3 Å². The monoisotopic (exact) mass is 389 g/mol. The molecule has 27 heavy (non-hydrogen) atoms. The predicted molar refractivity (Wildman–Crippen MR) is 100 cm³/mol. The van der Waals surface area contributed by atoms with Gasteiger partial charge in [-0.2, -0.15) is 0 Å². The van der Waals surface area contributed by atoms with Crippen LogP contribution in [0.15, 0.2) is 24.3 Å². The molecule has 3 aliphatic rings. The molecule has 1 amide bonds. The van der Waals surface area contributed by atoms with Crippen LogP contribution in [-0.2, 0) is 20.8 Å². The molecule has 1 aromatic rings. The molecular weight excluding hydrogens is 366 g/mol. The number of hydrogen-bond donors (Lipinski definition) is 2. The summed E-state index contributed by atoms with van der Waals surface area (Å²) in [5.74, 6) is -1.13. The van der Waals surface area contributed by atoms with E-state index < -0.39 is 11.5 Å². The van der Waals surface area contributed by atoms with Crippen LogP contribution in [0.5, 0.6) is 0 Å². The van der Waals surface area contributed by atoms with E-state index in [9.17, 15) is 19.5 Å². The fourth-order valence-electron chi connectivity index (χ4n) is 5.33. The van der Waals surface area contributed by atoms with E-state index in [2.05, 4.69) is 5.32 Å². The van der Waals surface area contributed by atoms with Crippen LogP contribution in [0.3, 0.4) is 0 Å². The van der Waals surface area contributed by atoms with Crippen molar-refractivity contribution in [3.63, 3.8) is 0 Å². The quantitative estimate of drug-likeness (QED) is 0.808. The van der Waals surface area contributed by atoms with Crippen molar-refractivity contribution in [2.75, 3.05) is 0 Å². The highest BCUT2D eigenvalue weighted by Crippen LogP contribution is 2.57. The largest absolute Gasteiger partial charge is 0.479 e. The SMILES string of the molecule is O=C1CC2(C1)CC(C(=O)NC1(C(=O)O)CCCC1Cc1ccc(Cl)cc1)C2. The van der Waals surface area contributed by atoms with Crippen molar-refractivity contribution in [3.8, 4) is 0 Å². The van der Waals surface area contributed by atoms with Crippen molar-refractivity contribution in [1.82, 2.24) is 5.32 Å². The van der Waals surface area contributed by atoms with Gasteiger partial charge in [-0.3, -0.25) is 9.59 Å². The molecule has 0 saturated heterocycles. The summed E-state index contributed by atoms with van der Waals surface area (Å²) in [4.78, 5) is 36.2. The van der Waals surface area contributed by atoms with E-state index in [0.29, 0.717) is 43.5 Å². The molecular formula is C21H24ClNO4. The van der Waals surface area contributed by atoms with Gasteiger partial charge in [-0.25, -0.2) is 4.79 Å². The third-order valence-electron chi connectivity index (χ3n) is 6.82. The van der Waals surface area contributed by atoms with E-state index >= 15 is 0 Å². The Hall–Kier alpha value is -1.88. The Morgan fingerprint density at radius 1 is 1.19 bits per heavy atom. The lowest BCUT2D eigenvalue weighted by Gasteiger charge is -2.52. The van der Waals surface area contributed by atoms with Crippen LogP contribution < -0.4 is 5.32 Å². The normalized spacial score (nSPS) is 29.2. The third kappa shape index (κ3) is 3.27. The molecule has 0 heterocycles. The molecule has 144 valence electrons. The standard InChI is InChI=1S/C21H24ClNO4/c22-16-5-3-13(4-6-16)8-15-2-1-7-21(15,19(26)27)23-18(25)14-9-20(10-14)11-17(24)12-20/h3-6,14-15H,1-2,7-12H2,(H,23,25)(H,26,27). The number of carbonyl (C=O) groups excluding carboxylic acids is 2. The summed E-state index contributed by atoms with van der Waals surface area (Å²) in [7, 11) is 0. The van der Waals surface area contributed by atoms with E-state index in [4.69, 9.17) is 11.6 Å². The number of carboxylic acid groups (broad SMARTS) is 1. The fourth-order valence-corrected chi connectivity index (χ4v) is 5.45. The molecule has 3 aliphatic carbocycles. The molecule has 0 aliphatic heterocycles. The molecule has 3 fully saturated rings. The Labute approximate surface area is 163 Å². The van der Waals surface area contributed by atoms with E-state index in [0.717, 1.165) is 18.4 Å². The van der Waals surface area contributed by atoms with Crippen molar-refractivity contribution >= 4 is 29.3 Å². The number of carboxylic acids is 1. The molecule has 0 aromatic heterocycles. The van der Waals surface area contributed by atoms with Crippen LogP contribution in [0.25, 0.3) is 0 Å². The van der Waals surface area contributed by atoms with Gasteiger partial charge in [-0.05, 0) is 61.1 Å². The lowest BCUT2D eigenvalue weighted by Crippen LogP contribution is -2.61. The summed E-state index contributed by atoms with van der Waals surface area (Å²) in [5.41, 5.74) is -0.135. The van der Waals surface area contributed by atoms with E-state index in [1.165, 1.54) is 0 Å². The number of aliphatic carboxylic acids is 1. The van der Waals surface area contributed by atoms with Gasteiger partial charge in [0, 0.05) is 23.8 Å². The highest BCUT2D eigenvalue weighted by atomic mass is 35.5. The first-order valence-corrected chi connectivity index (χ1v) is 10.0. The van der Waals surface area contributed by atoms with Crippen molar-refractivity contribution in [3.05, 3.63) is 34.9 Å². The predicted octanol–water partition coefficient (Wildman–Crippen LogP) is 3.38. The van der Waals surface area contributed by atoms with Gasteiger partial charge in [0.25, 0.3) is 0 Å². The maximum Gasteiger partial charge on any atom is 0.329 e. The molecule has 3 saturated carbocycles. The number of nitrogens with one attached hydrogen (secondary N) is 1. The number of carbonyl (C=O) groups is 3. The Bertz CT molecular complexity index is 774. The Balaban J connectivity index is 1.45. The molecule has 2 N–H and O–H groups in total. The fraction of sp³-hybridized carbons (Fsp3) is 0.571. The van der Waals surface area contributed by atoms with Crippen molar-refractivity contribution in [2.45, 2.75) is 56.9 Å².